The van der Waals surface area contributed by atoms with E-state index in [1.165, 1.54) is 73.0 Å². The first-order valence-electron chi connectivity index (χ1n) is 15.7. The first kappa shape index (κ1) is 25.9. The van der Waals surface area contributed by atoms with Crippen LogP contribution >= 0.6 is 0 Å². The maximum atomic E-state index is 2.58. The first-order valence-corrected chi connectivity index (χ1v) is 15.7. The van der Waals surface area contributed by atoms with E-state index < -0.39 is 0 Å². The molecule has 6 aromatic carbocycles. The van der Waals surface area contributed by atoms with Crippen LogP contribution in [0, 0.1) is 0 Å². The molecule has 9 rings (SSSR count). The van der Waals surface area contributed by atoms with Crippen LogP contribution in [0.15, 0.2) is 152 Å². The lowest BCUT2D eigenvalue weighted by Crippen LogP contribution is -2.52. The molecule has 6 aromatic rings. The van der Waals surface area contributed by atoms with Crippen molar-refractivity contribution in [2.75, 3.05) is 25.5 Å². The van der Waals surface area contributed by atoms with Crippen LogP contribution in [0.1, 0.15) is 33.4 Å². The number of benzene rings is 6. The van der Waals surface area contributed by atoms with Gasteiger partial charge in [-0.15, -0.1) is 0 Å². The standard InChI is InChI=1S/C42H33N3/c1-43-28-42-38-34(40(43)31-16-8-4-9-17-31)20-12-22-36(38)45(33-26-24-30(25-27-33)29-14-6-3-7-15-29)37-23-13-21-35(39(37)42)41(44(42)2)32-18-10-5-11-19-32/h3-27H,28H2,1-2H3/q+2. The molecule has 0 saturated carbocycles. The molecule has 3 aliphatic rings. The number of hydrogen-bond acceptors (Lipinski definition) is 1. The minimum Gasteiger partial charge on any atom is -0.309 e. The summed E-state index contributed by atoms with van der Waals surface area (Å²) in [5, 5.41) is 0. The van der Waals surface area contributed by atoms with E-state index in [1.54, 1.807) is 0 Å². The molecule has 45 heavy (non-hydrogen) atoms. The van der Waals surface area contributed by atoms with Gasteiger partial charge in [-0.1, -0.05) is 91.0 Å². The van der Waals surface area contributed by atoms with Gasteiger partial charge in [0.2, 0.25) is 18.0 Å². The second kappa shape index (κ2) is 9.73. The fourth-order valence-electron chi connectivity index (χ4n) is 8.20. The zero-order valence-electron chi connectivity index (χ0n) is 25.5. The molecule has 0 radical (unpaired) electrons. The third-order valence-corrected chi connectivity index (χ3v) is 9.99. The Bertz CT molecular complexity index is 2180. The Morgan fingerprint density at radius 2 is 0.933 bits per heavy atom. The summed E-state index contributed by atoms with van der Waals surface area (Å²) in [5.41, 5.74) is 16.2. The van der Waals surface area contributed by atoms with Gasteiger partial charge in [0.25, 0.3) is 5.54 Å². The van der Waals surface area contributed by atoms with Crippen LogP contribution in [0.25, 0.3) is 11.1 Å². The average Bonchev–Trinajstić information content (AvgIpc) is 3.34. The van der Waals surface area contributed by atoms with Crippen molar-refractivity contribution < 1.29 is 9.15 Å². The van der Waals surface area contributed by atoms with E-state index in [0.29, 0.717) is 0 Å². The number of hydrogen-bond donors (Lipinski definition) is 0. The summed E-state index contributed by atoms with van der Waals surface area (Å²) in [5.74, 6) is 0. The summed E-state index contributed by atoms with van der Waals surface area (Å²) in [4.78, 5) is 2.50. The fourth-order valence-corrected chi connectivity index (χ4v) is 8.20. The fraction of sp³-hybridized carbons (Fsp3) is 0.0952. The van der Waals surface area contributed by atoms with Gasteiger partial charge in [-0.2, -0.15) is 0 Å². The van der Waals surface area contributed by atoms with Gasteiger partial charge in [0, 0.05) is 16.8 Å². The van der Waals surface area contributed by atoms with Gasteiger partial charge < -0.3 is 4.90 Å². The Morgan fingerprint density at radius 3 is 1.49 bits per heavy atom. The minimum absolute atomic E-state index is 0.351. The van der Waals surface area contributed by atoms with Crippen LogP contribution in [0.3, 0.4) is 0 Å². The zero-order valence-corrected chi connectivity index (χ0v) is 25.5. The highest BCUT2D eigenvalue weighted by Crippen LogP contribution is 2.58. The van der Waals surface area contributed by atoms with Gasteiger partial charge in [-0.25, -0.2) is 9.15 Å². The largest absolute Gasteiger partial charge is 0.309 e. The monoisotopic (exact) mass is 579 g/mol. The Labute approximate surface area is 264 Å². The van der Waals surface area contributed by atoms with Crippen molar-refractivity contribution in [2.24, 2.45) is 0 Å². The van der Waals surface area contributed by atoms with E-state index in [0.717, 1.165) is 6.54 Å². The molecule has 3 aliphatic heterocycles. The Morgan fingerprint density at radius 1 is 0.467 bits per heavy atom. The highest BCUT2D eigenvalue weighted by Gasteiger charge is 2.64. The van der Waals surface area contributed by atoms with Gasteiger partial charge in [-0.3, -0.25) is 0 Å². The van der Waals surface area contributed by atoms with E-state index in [2.05, 4.69) is 180 Å². The van der Waals surface area contributed by atoms with Crippen molar-refractivity contribution in [1.82, 2.24) is 0 Å². The lowest BCUT2D eigenvalue weighted by atomic mass is 9.71. The summed E-state index contributed by atoms with van der Waals surface area (Å²) in [7, 11) is 4.57. The Hall–Kier alpha value is -5.54. The molecule has 0 aromatic heterocycles. The first-order chi connectivity index (χ1) is 22.2. The summed E-state index contributed by atoms with van der Waals surface area (Å²) < 4.78 is 5.06. The summed E-state index contributed by atoms with van der Waals surface area (Å²) in [6.45, 7) is 0.846. The minimum atomic E-state index is -0.351. The van der Waals surface area contributed by atoms with Crippen LogP contribution in [-0.2, 0) is 5.54 Å². The molecule has 0 N–H and O–H groups in total. The maximum absolute atomic E-state index is 2.58. The number of anilines is 3. The van der Waals surface area contributed by atoms with Gasteiger partial charge in [0.1, 0.15) is 14.1 Å². The highest BCUT2D eigenvalue weighted by molar-refractivity contribution is 6.17. The van der Waals surface area contributed by atoms with E-state index in [4.69, 9.17) is 0 Å². The lowest BCUT2D eigenvalue weighted by molar-refractivity contribution is -0.636. The summed E-state index contributed by atoms with van der Waals surface area (Å²) in [6.07, 6.45) is 0. The summed E-state index contributed by atoms with van der Waals surface area (Å²) >= 11 is 0. The number of likely N-dealkylation sites (N-methyl/N-ethyl adjacent to an activating group) is 2. The van der Waals surface area contributed by atoms with Crippen molar-refractivity contribution in [3.8, 4) is 11.1 Å². The van der Waals surface area contributed by atoms with Gasteiger partial charge >= 0.3 is 0 Å². The van der Waals surface area contributed by atoms with Gasteiger partial charge in [-0.05, 0) is 71.8 Å². The molecule has 0 amide bonds. The average molecular weight is 580 g/mol. The van der Waals surface area contributed by atoms with Crippen molar-refractivity contribution in [3.63, 3.8) is 0 Å². The third kappa shape index (κ3) is 3.58. The van der Waals surface area contributed by atoms with Crippen molar-refractivity contribution in [2.45, 2.75) is 5.54 Å². The molecular formula is C42H33N3+2. The number of nitrogens with zero attached hydrogens (tertiary/aromatic N) is 3. The molecule has 0 fully saturated rings. The molecule has 0 aliphatic carbocycles. The van der Waals surface area contributed by atoms with Crippen LogP contribution in [-0.4, -0.2) is 41.2 Å². The highest BCUT2D eigenvalue weighted by atomic mass is 15.2. The maximum Gasteiger partial charge on any atom is 0.277 e. The molecule has 0 bridgehead atoms. The predicted molar refractivity (Wildman–Crippen MR) is 184 cm³/mol. The second-order valence-corrected chi connectivity index (χ2v) is 12.4. The second-order valence-electron chi connectivity index (χ2n) is 12.4. The molecule has 1 unspecified atom stereocenters. The summed E-state index contributed by atoms with van der Waals surface area (Å²) in [6, 6.07) is 55.3. The lowest BCUT2D eigenvalue weighted by Gasteiger charge is -2.42. The van der Waals surface area contributed by atoms with Crippen molar-refractivity contribution in [1.29, 1.82) is 0 Å². The van der Waals surface area contributed by atoms with Crippen LogP contribution in [0.4, 0.5) is 17.1 Å². The zero-order chi connectivity index (χ0) is 30.1. The Kier molecular flexibility index (Phi) is 5.61. The molecule has 1 atom stereocenters. The van der Waals surface area contributed by atoms with Crippen LogP contribution in [0.2, 0.25) is 0 Å². The topological polar surface area (TPSA) is 9.26 Å². The molecule has 3 heterocycles. The van der Waals surface area contributed by atoms with E-state index in [1.807, 2.05) is 0 Å². The predicted octanol–water partition coefficient (Wildman–Crippen LogP) is 8.37. The molecule has 214 valence electrons. The van der Waals surface area contributed by atoms with E-state index in [-0.39, 0.29) is 5.54 Å². The molecule has 3 nitrogen and oxygen atoms in total. The molecule has 3 heteroatoms. The van der Waals surface area contributed by atoms with Gasteiger partial charge in [0.05, 0.1) is 33.6 Å². The quantitative estimate of drug-likeness (QED) is 0.191. The SMILES string of the molecule is C[N+]1=C(c2ccccc2)c2cccc3c2C2(C1)c1c(cccc1N3c1ccc(-c3ccccc3)cc1)C(c1ccccc1)=[N+]2C. The van der Waals surface area contributed by atoms with E-state index >= 15 is 0 Å². The van der Waals surface area contributed by atoms with Crippen molar-refractivity contribution >= 4 is 28.5 Å². The molecule has 0 saturated heterocycles. The number of rotatable bonds is 4. The van der Waals surface area contributed by atoms with E-state index in [9.17, 15) is 0 Å². The van der Waals surface area contributed by atoms with Gasteiger partial charge in [0.15, 0.2) is 0 Å². The molecular weight excluding hydrogens is 546 g/mol. The van der Waals surface area contributed by atoms with Crippen LogP contribution in [0.5, 0.6) is 0 Å². The van der Waals surface area contributed by atoms with Crippen molar-refractivity contribution in [3.05, 3.63) is 185 Å². The normalized spacial score (nSPS) is 17.8. The van der Waals surface area contributed by atoms with Crippen LogP contribution < -0.4 is 4.90 Å². The smallest absolute Gasteiger partial charge is 0.277 e. The molecule has 1 spiro atoms. The Balaban J connectivity index is 1.35. The third-order valence-electron chi connectivity index (χ3n) is 9.99.